The van der Waals surface area contributed by atoms with Gasteiger partial charge in [-0.2, -0.15) is 0 Å². The van der Waals surface area contributed by atoms with E-state index in [9.17, 15) is 4.79 Å². The summed E-state index contributed by atoms with van der Waals surface area (Å²) in [5.41, 5.74) is 2.13. The Hall–Kier alpha value is -1.51. The van der Waals surface area contributed by atoms with Crippen molar-refractivity contribution in [2.75, 3.05) is 18.9 Å². The van der Waals surface area contributed by atoms with Crippen LogP contribution in [0.1, 0.15) is 25.8 Å². The van der Waals surface area contributed by atoms with Gasteiger partial charge in [0, 0.05) is 19.3 Å². The molecule has 0 aliphatic rings. The number of hydrogen-bond donors (Lipinski definition) is 1. The molecule has 88 valence electrons. The summed E-state index contributed by atoms with van der Waals surface area (Å²) in [5, 5.41) is 2.86. The second kappa shape index (κ2) is 6.16. The lowest BCUT2D eigenvalue weighted by Gasteiger charge is -2.16. The van der Waals surface area contributed by atoms with Crippen molar-refractivity contribution in [1.82, 2.24) is 4.90 Å². The van der Waals surface area contributed by atoms with Crippen LogP contribution in [0.3, 0.4) is 0 Å². The fraction of sp³-hybridized carbons (Fsp3) is 0.462. The quantitative estimate of drug-likeness (QED) is 0.830. The maximum Gasteiger partial charge on any atom is 0.321 e. The summed E-state index contributed by atoms with van der Waals surface area (Å²) in [7, 11) is 1.80. The molecule has 0 atom stereocenters. The Labute approximate surface area is 97.5 Å². The lowest BCUT2D eigenvalue weighted by molar-refractivity contribution is 0.222. The van der Waals surface area contributed by atoms with E-state index in [4.69, 9.17) is 0 Å². The first-order valence-corrected chi connectivity index (χ1v) is 5.78. The molecule has 0 radical (unpaired) electrons. The lowest BCUT2D eigenvalue weighted by atomic mass is 10.1. The van der Waals surface area contributed by atoms with E-state index < -0.39 is 0 Å². The topological polar surface area (TPSA) is 32.3 Å². The zero-order chi connectivity index (χ0) is 12.0. The van der Waals surface area contributed by atoms with Crippen molar-refractivity contribution >= 4 is 11.7 Å². The van der Waals surface area contributed by atoms with Gasteiger partial charge < -0.3 is 10.2 Å². The monoisotopic (exact) mass is 220 g/mol. The molecule has 0 aliphatic carbocycles. The van der Waals surface area contributed by atoms with Gasteiger partial charge in [0.25, 0.3) is 0 Å². The van der Waals surface area contributed by atoms with Gasteiger partial charge in [0.05, 0.1) is 0 Å². The fourth-order valence-corrected chi connectivity index (χ4v) is 1.48. The molecule has 2 amide bonds. The Morgan fingerprint density at radius 2 is 1.88 bits per heavy atom. The third kappa shape index (κ3) is 3.57. The number of carbonyl (C=O) groups is 1. The third-order valence-electron chi connectivity index (χ3n) is 2.52. The molecule has 0 saturated carbocycles. The number of carbonyl (C=O) groups excluding carboxylic acids is 1. The van der Waals surface area contributed by atoms with Gasteiger partial charge in [0.2, 0.25) is 0 Å². The molecule has 0 aromatic heterocycles. The van der Waals surface area contributed by atoms with Gasteiger partial charge in [-0.25, -0.2) is 4.79 Å². The predicted octanol–water partition coefficient (Wildman–Crippen LogP) is 3.12. The summed E-state index contributed by atoms with van der Waals surface area (Å²) in [5.74, 6) is 0. The molecule has 0 spiro atoms. The number of aryl methyl sites for hydroxylation is 1. The molecule has 16 heavy (non-hydrogen) atoms. The zero-order valence-electron chi connectivity index (χ0n) is 10.3. The number of amides is 2. The summed E-state index contributed by atoms with van der Waals surface area (Å²) < 4.78 is 0. The maximum absolute atomic E-state index is 11.7. The summed E-state index contributed by atoms with van der Waals surface area (Å²) in [4.78, 5) is 13.4. The SMILES string of the molecule is CCCN(C)C(=O)Nc1ccc(CC)cc1. The van der Waals surface area contributed by atoms with Gasteiger partial charge in [-0.1, -0.05) is 26.0 Å². The minimum atomic E-state index is -0.0499. The molecule has 1 rings (SSSR count). The van der Waals surface area contributed by atoms with E-state index in [2.05, 4.69) is 19.2 Å². The second-order valence-electron chi connectivity index (χ2n) is 3.90. The molecule has 0 saturated heterocycles. The first-order valence-electron chi connectivity index (χ1n) is 5.78. The zero-order valence-corrected chi connectivity index (χ0v) is 10.3. The van der Waals surface area contributed by atoms with E-state index in [0.29, 0.717) is 0 Å². The van der Waals surface area contributed by atoms with Crippen LogP contribution in [0.15, 0.2) is 24.3 Å². The van der Waals surface area contributed by atoms with E-state index in [-0.39, 0.29) is 6.03 Å². The molecule has 0 fully saturated rings. The van der Waals surface area contributed by atoms with Gasteiger partial charge in [-0.05, 0) is 30.5 Å². The Kier molecular flexibility index (Phi) is 4.83. The van der Waals surface area contributed by atoms with Crippen molar-refractivity contribution in [1.29, 1.82) is 0 Å². The maximum atomic E-state index is 11.7. The molecule has 0 unspecified atom stereocenters. The van der Waals surface area contributed by atoms with Crippen LogP contribution in [0.5, 0.6) is 0 Å². The van der Waals surface area contributed by atoms with Gasteiger partial charge >= 0.3 is 6.03 Å². The van der Waals surface area contributed by atoms with Crippen LogP contribution in [0.25, 0.3) is 0 Å². The molecule has 3 nitrogen and oxygen atoms in total. The highest BCUT2D eigenvalue weighted by Crippen LogP contribution is 2.10. The van der Waals surface area contributed by atoms with Crippen LogP contribution < -0.4 is 5.32 Å². The van der Waals surface area contributed by atoms with Crippen LogP contribution in [0.4, 0.5) is 10.5 Å². The third-order valence-corrected chi connectivity index (χ3v) is 2.52. The molecule has 1 aromatic rings. The lowest BCUT2D eigenvalue weighted by Crippen LogP contribution is -2.31. The van der Waals surface area contributed by atoms with E-state index in [0.717, 1.165) is 25.1 Å². The predicted molar refractivity (Wildman–Crippen MR) is 67.8 cm³/mol. The largest absolute Gasteiger partial charge is 0.328 e. The number of urea groups is 1. The molecule has 0 heterocycles. The van der Waals surface area contributed by atoms with Crippen molar-refractivity contribution in [3.05, 3.63) is 29.8 Å². The van der Waals surface area contributed by atoms with Crippen molar-refractivity contribution in [3.8, 4) is 0 Å². The minimum absolute atomic E-state index is 0.0499. The van der Waals surface area contributed by atoms with Crippen LogP contribution in [0.2, 0.25) is 0 Å². The van der Waals surface area contributed by atoms with Crippen molar-refractivity contribution in [2.24, 2.45) is 0 Å². The molecule has 0 aliphatic heterocycles. The van der Waals surface area contributed by atoms with Crippen LogP contribution in [0, 0.1) is 0 Å². The highest BCUT2D eigenvalue weighted by molar-refractivity contribution is 5.89. The van der Waals surface area contributed by atoms with Crippen LogP contribution in [-0.2, 0) is 6.42 Å². The Bertz CT molecular complexity index is 332. The van der Waals surface area contributed by atoms with E-state index in [1.807, 2.05) is 24.3 Å². The normalized spacial score (nSPS) is 9.94. The number of hydrogen-bond acceptors (Lipinski definition) is 1. The van der Waals surface area contributed by atoms with Crippen molar-refractivity contribution < 1.29 is 4.79 Å². The molecule has 3 heteroatoms. The highest BCUT2D eigenvalue weighted by atomic mass is 16.2. The second-order valence-corrected chi connectivity index (χ2v) is 3.90. The number of benzene rings is 1. The number of rotatable bonds is 4. The summed E-state index contributed by atoms with van der Waals surface area (Å²) >= 11 is 0. The molecular formula is C13H20N2O. The van der Waals surface area contributed by atoms with Crippen LogP contribution in [-0.4, -0.2) is 24.5 Å². The molecule has 1 aromatic carbocycles. The summed E-state index contributed by atoms with van der Waals surface area (Å²) in [6, 6.07) is 7.91. The number of nitrogens with zero attached hydrogens (tertiary/aromatic N) is 1. The van der Waals surface area contributed by atoms with Crippen molar-refractivity contribution in [3.63, 3.8) is 0 Å². The fourth-order valence-electron chi connectivity index (χ4n) is 1.48. The Morgan fingerprint density at radius 1 is 1.25 bits per heavy atom. The highest BCUT2D eigenvalue weighted by Gasteiger charge is 2.06. The average molecular weight is 220 g/mol. The average Bonchev–Trinajstić information content (AvgIpc) is 2.30. The minimum Gasteiger partial charge on any atom is -0.328 e. The number of anilines is 1. The summed E-state index contributed by atoms with van der Waals surface area (Å²) in [6.45, 7) is 4.95. The summed E-state index contributed by atoms with van der Waals surface area (Å²) in [6.07, 6.45) is 1.99. The molecule has 1 N–H and O–H groups in total. The number of nitrogens with one attached hydrogen (secondary N) is 1. The van der Waals surface area contributed by atoms with E-state index in [1.54, 1.807) is 11.9 Å². The van der Waals surface area contributed by atoms with Gasteiger partial charge in [-0.3, -0.25) is 0 Å². The first kappa shape index (κ1) is 12.6. The standard InChI is InChI=1S/C13H20N2O/c1-4-10-15(3)13(16)14-12-8-6-11(5-2)7-9-12/h6-9H,4-5,10H2,1-3H3,(H,14,16). The molecule has 0 bridgehead atoms. The van der Waals surface area contributed by atoms with Crippen LogP contribution >= 0.6 is 0 Å². The smallest absolute Gasteiger partial charge is 0.321 e. The van der Waals surface area contributed by atoms with E-state index >= 15 is 0 Å². The molecular weight excluding hydrogens is 200 g/mol. The van der Waals surface area contributed by atoms with Gasteiger partial charge in [-0.15, -0.1) is 0 Å². The Morgan fingerprint density at radius 3 is 2.38 bits per heavy atom. The van der Waals surface area contributed by atoms with E-state index in [1.165, 1.54) is 5.56 Å². The van der Waals surface area contributed by atoms with Gasteiger partial charge in [0.1, 0.15) is 0 Å². The first-order chi connectivity index (χ1) is 7.67. The van der Waals surface area contributed by atoms with Gasteiger partial charge in [0.15, 0.2) is 0 Å². The Balaban J connectivity index is 2.55. The van der Waals surface area contributed by atoms with Crippen molar-refractivity contribution in [2.45, 2.75) is 26.7 Å².